The first-order valence-corrected chi connectivity index (χ1v) is 8.71. The molecule has 4 heteroatoms. The molecule has 1 atom stereocenters. The summed E-state index contributed by atoms with van der Waals surface area (Å²) in [5.41, 5.74) is 1.12. The second-order valence-corrected chi connectivity index (χ2v) is 6.13. The Kier molecular flexibility index (Phi) is 5.74. The van der Waals surface area contributed by atoms with Crippen LogP contribution in [0.15, 0.2) is 66.7 Å². The highest BCUT2D eigenvalue weighted by Crippen LogP contribution is 2.24. The first-order chi connectivity index (χ1) is 12.7. The molecule has 3 aromatic carbocycles. The van der Waals surface area contributed by atoms with E-state index in [1.165, 1.54) is 5.39 Å². The van der Waals surface area contributed by atoms with Crippen LogP contribution in [0.25, 0.3) is 10.8 Å². The van der Waals surface area contributed by atoms with Gasteiger partial charge in [0.2, 0.25) is 5.91 Å². The number of carbonyl (C=O) groups is 1. The molecule has 0 aliphatic heterocycles. The van der Waals surface area contributed by atoms with Gasteiger partial charge in [-0.1, -0.05) is 42.5 Å². The van der Waals surface area contributed by atoms with Crippen LogP contribution in [-0.2, 0) is 4.79 Å². The number of benzene rings is 3. The van der Waals surface area contributed by atoms with Crippen molar-refractivity contribution in [3.05, 3.63) is 72.3 Å². The van der Waals surface area contributed by atoms with Gasteiger partial charge < -0.3 is 14.8 Å². The van der Waals surface area contributed by atoms with Gasteiger partial charge >= 0.3 is 0 Å². The summed E-state index contributed by atoms with van der Waals surface area (Å²) in [6.45, 7) is 2.34. The zero-order chi connectivity index (χ0) is 18.4. The molecule has 0 fully saturated rings. The second-order valence-electron chi connectivity index (χ2n) is 6.13. The smallest absolute Gasteiger partial charge is 0.223 e. The van der Waals surface area contributed by atoms with Crippen molar-refractivity contribution >= 4 is 16.7 Å². The van der Waals surface area contributed by atoms with Crippen LogP contribution in [-0.4, -0.2) is 19.6 Å². The predicted octanol–water partition coefficient (Wildman–Crippen LogP) is 4.49. The minimum Gasteiger partial charge on any atom is -0.497 e. The van der Waals surface area contributed by atoms with Crippen molar-refractivity contribution in [1.29, 1.82) is 0 Å². The molecule has 0 saturated heterocycles. The summed E-state index contributed by atoms with van der Waals surface area (Å²) < 4.78 is 10.7. The van der Waals surface area contributed by atoms with Crippen LogP contribution < -0.4 is 14.8 Å². The predicted molar refractivity (Wildman–Crippen MR) is 104 cm³/mol. The maximum absolute atomic E-state index is 12.2. The molecule has 0 aliphatic carbocycles. The summed E-state index contributed by atoms with van der Waals surface area (Å²) in [5, 5.41) is 5.39. The highest BCUT2D eigenvalue weighted by Gasteiger charge is 2.12. The first kappa shape index (κ1) is 17.8. The maximum Gasteiger partial charge on any atom is 0.223 e. The van der Waals surface area contributed by atoms with Crippen LogP contribution in [0.3, 0.4) is 0 Å². The van der Waals surface area contributed by atoms with Crippen molar-refractivity contribution < 1.29 is 14.3 Å². The number of hydrogen-bond acceptors (Lipinski definition) is 3. The Hall–Kier alpha value is -3.01. The minimum absolute atomic E-state index is 0.0288. The Labute approximate surface area is 153 Å². The molecule has 4 nitrogen and oxygen atoms in total. The molecule has 134 valence electrons. The van der Waals surface area contributed by atoms with Crippen LogP contribution >= 0.6 is 0 Å². The van der Waals surface area contributed by atoms with E-state index in [1.807, 2.05) is 49.4 Å². The van der Waals surface area contributed by atoms with E-state index in [4.69, 9.17) is 9.47 Å². The quantitative estimate of drug-likeness (QED) is 0.683. The largest absolute Gasteiger partial charge is 0.497 e. The number of methoxy groups -OCH3 is 1. The van der Waals surface area contributed by atoms with E-state index in [1.54, 1.807) is 7.11 Å². The van der Waals surface area contributed by atoms with Gasteiger partial charge in [-0.05, 0) is 47.5 Å². The average Bonchev–Trinajstić information content (AvgIpc) is 2.68. The van der Waals surface area contributed by atoms with Gasteiger partial charge in [0.25, 0.3) is 0 Å². The Balaban J connectivity index is 1.53. The fourth-order valence-corrected chi connectivity index (χ4v) is 2.95. The lowest BCUT2D eigenvalue weighted by Crippen LogP contribution is -2.28. The van der Waals surface area contributed by atoms with E-state index < -0.39 is 0 Å². The summed E-state index contributed by atoms with van der Waals surface area (Å²) in [6, 6.07) is 21.6. The molecule has 0 aliphatic rings. The number of rotatable bonds is 7. The van der Waals surface area contributed by atoms with Gasteiger partial charge in [0.15, 0.2) is 0 Å². The Morgan fingerprint density at radius 3 is 2.42 bits per heavy atom. The van der Waals surface area contributed by atoms with Crippen LogP contribution in [0.1, 0.15) is 24.9 Å². The fourth-order valence-electron chi connectivity index (χ4n) is 2.95. The minimum atomic E-state index is -0.0606. The fraction of sp³-hybridized carbons (Fsp3) is 0.227. The van der Waals surface area contributed by atoms with Crippen molar-refractivity contribution in [3.8, 4) is 11.5 Å². The molecule has 0 spiro atoms. The van der Waals surface area contributed by atoms with Crippen molar-refractivity contribution in [3.63, 3.8) is 0 Å². The highest BCUT2D eigenvalue weighted by atomic mass is 16.5. The normalized spacial score (nSPS) is 11.8. The summed E-state index contributed by atoms with van der Waals surface area (Å²) in [5.74, 6) is 1.47. The molecule has 0 radical (unpaired) electrons. The molecule has 0 aromatic heterocycles. The molecule has 0 heterocycles. The number of nitrogens with one attached hydrogen (secondary N) is 1. The molecular weight excluding hydrogens is 326 g/mol. The summed E-state index contributed by atoms with van der Waals surface area (Å²) in [7, 11) is 1.62. The number of fused-ring (bicyclic) bond motifs is 1. The summed E-state index contributed by atoms with van der Waals surface area (Å²) in [4.78, 5) is 12.2. The Morgan fingerprint density at radius 1 is 0.962 bits per heavy atom. The number of carbonyl (C=O) groups excluding carboxylic acids is 1. The standard InChI is InChI=1S/C22H23NO3/c1-16(20-9-5-7-17-6-3-4-8-21(17)20)23-22(24)14-15-26-19-12-10-18(25-2)11-13-19/h3-13,16H,14-15H2,1-2H3,(H,23,24)/t16-/m1/s1. The molecular formula is C22H23NO3. The lowest BCUT2D eigenvalue weighted by molar-refractivity contribution is -0.122. The van der Waals surface area contributed by atoms with Gasteiger partial charge in [-0.2, -0.15) is 0 Å². The SMILES string of the molecule is COc1ccc(OCCC(=O)N[C@H](C)c2cccc3ccccc23)cc1. The first-order valence-electron chi connectivity index (χ1n) is 8.71. The third kappa shape index (κ3) is 4.33. The molecule has 3 rings (SSSR count). The number of amides is 1. The number of ether oxygens (including phenoxy) is 2. The van der Waals surface area contributed by atoms with Crippen LogP contribution in [0.5, 0.6) is 11.5 Å². The third-order valence-corrected chi connectivity index (χ3v) is 4.32. The van der Waals surface area contributed by atoms with Crippen molar-refractivity contribution in [2.75, 3.05) is 13.7 Å². The molecule has 0 saturated carbocycles. The monoisotopic (exact) mass is 349 g/mol. The van der Waals surface area contributed by atoms with Crippen LogP contribution in [0.2, 0.25) is 0 Å². The van der Waals surface area contributed by atoms with Gasteiger partial charge in [0, 0.05) is 0 Å². The maximum atomic E-state index is 12.2. The second kappa shape index (κ2) is 8.39. The van der Waals surface area contributed by atoms with Gasteiger partial charge in [-0.15, -0.1) is 0 Å². The van der Waals surface area contributed by atoms with Crippen molar-refractivity contribution in [2.45, 2.75) is 19.4 Å². The van der Waals surface area contributed by atoms with E-state index in [2.05, 4.69) is 29.6 Å². The van der Waals surface area contributed by atoms with E-state index in [9.17, 15) is 4.79 Å². The van der Waals surface area contributed by atoms with Gasteiger partial charge in [0.05, 0.1) is 26.2 Å². The zero-order valence-corrected chi connectivity index (χ0v) is 15.1. The van der Waals surface area contributed by atoms with Gasteiger partial charge in [0.1, 0.15) is 11.5 Å². The van der Waals surface area contributed by atoms with E-state index in [0.29, 0.717) is 13.0 Å². The average molecular weight is 349 g/mol. The molecule has 26 heavy (non-hydrogen) atoms. The summed E-state index contributed by atoms with van der Waals surface area (Å²) in [6.07, 6.45) is 0.307. The molecule has 0 bridgehead atoms. The lowest BCUT2D eigenvalue weighted by Gasteiger charge is -2.17. The summed E-state index contributed by atoms with van der Waals surface area (Å²) >= 11 is 0. The van der Waals surface area contributed by atoms with Crippen molar-refractivity contribution in [1.82, 2.24) is 5.32 Å². The molecule has 1 N–H and O–H groups in total. The van der Waals surface area contributed by atoms with Crippen LogP contribution in [0.4, 0.5) is 0 Å². The zero-order valence-electron chi connectivity index (χ0n) is 15.1. The highest BCUT2D eigenvalue weighted by molar-refractivity contribution is 5.86. The lowest BCUT2D eigenvalue weighted by atomic mass is 9.99. The number of hydrogen-bond donors (Lipinski definition) is 1. The van der Waals surface area contributed by atoms with E-state index in [-0.39, 0.29) is 11.9 Å². The third-order valence-electron chi connectivity index (χ3n) is 4.32. The topological polar surface area (TPSA) is 47.6 Å². The van der Waals surface area contributed by atoms with E-state index in [0.717, 1.165) is 22.4 Å². The molecule has 0 unspecified atom stereocenters. The van der Waals surface area contributed by atoms with Crippen LogP contribution in [0, 0.1) is 0 Å². The van der Waals surface area contributed by atoms with Gasteiger partial charge in [-0.25, -0.2) is 0 Å². The molecule has 1 amide bonds. The van der Waals surface area contributed by atoms with Crippen molar-refractivity contribution in [2.24, 2.45) is 0 Å². The molecule has 3 aromatic rings. The van der Waals surface area contributed by atoms with E-state index >= 15 is 0 Å². The Bertz CT molecular complexity index is 869. The van der Waals surface area contributed by atoms with Gasteiger partial charge in [-0.3, -0.25) is 4.79 Å². The Morgan fingerprint density at radius 2 is 1.65 bits per heavy atom.